The second-order valence-corrected chi connectivity index (χ2v) is 3.91. The molecule has 0 aliphatic heterocycles. The number of rotatable bonds is 1. The predicted octanol–water partition coefficient (Wildman–Crippen LogP) is 2.53. The summed E-state index contributed by atoms with van der Waals surface area (Å²) in [6.45, 7) is 0. The summed E-state index contributed by atoms with van der Waals surface area (Å²) in [6, 6.07) is 2.89. The SMILES string of the molecule is O=C(O)c1c[nH]c2c(Cl)c(Cl)ccc2c1=O. The average Bonchev–Trinajstić information content (AvgIpc) is 2.23. The Kier molecular flexibility index (Phi) is 2.61. The van der Waals surface area contributed by atoms with Crippen molar-refractivity contribution in [1.82, 2.24) is 4.98 Å². The van der Waals surface area contributed by atoms with E-state index in [1.165, 1.54) is 12.1 Å². The van der Waals surface area contributed by atoms with Crippen LogP contribution in [0.4, 0.5) is 0 Å². The molecule has 2 aromatic rings. The van der Waals surface area contributed by atoms with E-state index in [9.17, 15) is 9.59 Å². The number of aromatic amines is 1. The molecule has 0 spiro atoms. The van der Waals surface area contributed by atoms with Crippen molar-refractivity contribution < 1.29 is 9.90 Å². The maximum atomic E-state index is 11.7. The van der Waals surface area contributed by atoms with Crippen molar-refractivity contribution in [3.8, 4) is 0 Å². The molecule has 0 saturated carbocycles. The van der Waals surface area contributed by atoms with Gasteiger partial charge in [0.2, 0.25) is 5.43 Å². The molecule has 0 aliphatic carbocycles. The first-order valence-corrected chi connectivity index (χ1v) is 5.00. The van der Waals surface area contributed by atoms with E-state index in [-0.39, 0.29) is 16.0 Å². The fraction of sp³-hybridized carbons (Fsp3) is 0. The number of halogens is 2. The van der Waals surface area contributed by atoms with Crippen molar-refractivity contribution in [2.45, 2.75) is 0 Å². The molecule has 0 amide bonds. The first-order valence-electron chi connectivity index (χ1n) is 4.25. The molecule has 1 aromatic carbocycles. The minimum atomic E-state index is -1.28. The molecule has 0 bridgehead atoms. The molecule has 16 heavy (non-hydrogen) atoms. The zero-order valence-corrected chi connectivity index (χ0v) is 9.26. The maximum Gasteiger partial charge on any atom is 0.341 e. The van der Waals surface area contributed by atoms with Gasteiger partial charge in [-0.1, -0.05) is 23.2 Å². The molecule has 0 unspecified atom stereocenters. The smallest absolute Gasteiger partial charge is 0.341 e. The molecule has 0 fully saturated rings. The van der Waals surface area contributed by atoms with Gasteiger partial charge < -0.3 is 10.1 Å². The zero-order valence-electron chi connectivity index (χ0n) is 7.75. The fourth-order valence-corrected chi connectivity index (χ4v) is 1.77. The van der Waals surface area contributed by atoms with Crippen molar-refractivity contribution in [2.75, 3.05) is 0 Å². The number of benzene rings is 1. The van der Waals surface area contributed by atoms with Gasteiger partial charge in [0.05, 0.1) is 15.6 Å². The fourth-order valence-electron chi connectivity index (χ4n) is 1.39. The monoisotopic (exact) mass is 257 g/mol. The lowest BCUT2D eigenvalue weighted by Gasteiger charge is -2.03. The number of hydrogen-bond donors (Lipinski definition) is 2. The number of aromatic carboxylic acids is 1. The highest BCUT2D eigenvalue weighted by Gasteiger charge is 2.13. The van der Waals surface area contributed by atoms with Crippen LogP contribution < -0.4 is 5.43 Å². The highest BCUT2D eigenvalue weighted by atomic mass is 35.5. The van der Waals surface area contributed by atoms with Crippen LogP contribution in [0, 0.1) is 0 Å². The van der Waals surface area contributed by atoms with Gasteiger partial charge in [0.1, 0.15) is 5.56 Å². The highest BCUT2D eigenvalue weighted by Crippen LogP contribution is 2.27. The molecule has 4 nitrogen and oxygen atoms in total. The third kappa shape index (κ3) is 1.56. The first kappa shape index (κ1) is 11.0. The number of pyridine rings is 1. The quantitative estimate of drug-likeness (QED) is 0.825. The average molecular weight is 258 g/mol. The van der Waals surface area contributed by atoms with Crippen LogP contribution in [0.1, 0.15) is 10.4 Å². The van der Waals surface area contributed by atoms with Crippen molar-refractivity contribution in [3.05, 3.63) is 44.2 Å². The van der Waals surface area contributed by atoms with Crippen LogP contribution in [-0.2, 0) is 0 Å². The summed E-state index contributed by atoms with van der Waals surface area (Å²) >= 11 is 11.7. The van der Waals surface area contributed by atoms with E-state index in [1.54, 1.807) is 0 Å². The normalized spacial score (nSPS) is 10.6. The third-order valence-electron chi connectivity index (χ3n) is 2.18. The molecule has 6 heteroatoms. The molecular formula is C10H5Cl2NO3. The lowest BCUT2D eigenvalue weighted by Crippen LogP contribution is -2.15. The largest absolute Gasteiger partial charge is 0.477 e. The summed E-state index contributed by atoms with van der Waals surface area (Å²) in [5.41, 5.74) is -0.574. The van der Waals surface area contributed by atoms with Gasteiger partial charge in [0, 0.05) is 11.6 Å². The van der Waals surface area contributed by atoms with Crippen LogP contribution in [-0.4, -0.2) is 16.1 Å². The number of fused-ring (bicyclic) bond motifs is 1. The van der Waals surface area contributed by atoms with Gasteiger partial charge in [-0.3, -0.25) is 4.79 Å². The Labute approximate surface area is 99.4 Å². The molecule has 1 aromatic heterocycles. The Morgan fingerprint density at radius 1 is 1.31 bits per heavy atom. The molecule has 1 heterocycles. The highest BCUT2D eigenvalue weighted by molar-refractivity contribution is 6.45. The van der Waals surface area contributed by atoms with Crippen molar-refractivity contribution in [3.63, 3.8) is 0 Å². The van der Waals surface area contributed by atoms with E-state index in [1.807, 2.05) is 0 Å². The van der Waals surface area contributed by atoms with E-state index in [0.29, 0.717) is 10.5 Å². The van der Waals surface area contributed by atoms with Gasteiger partial charge in [0.15, 0.2) is 0 Å². The van der Waals surface area contributed by atoms with Gasteiger partial charge in [0.25, 0.3) is 0 Å². The Bertz CT molecular complexity index is 648. The number of hydrogen-bond acceptors (Lipinski definition) is 2. The van der Waals surface area contributed by atoms with Crippen LogP contribution in [0.2, 0.25) is 10.0 Å². The minimum Gasteiger partial charge on any atom is -0.477 e. The molecule has 0 atom stereocenters. The summed E-state index contributed by atoms with van der Waals surface area (Å²) in [5, 5.41) is 9.47. The zero-order chi connectivity index (χ0) is 11.9. The van der Waals surface area contributed by atoms with Crippen molar-refractivity contribution >= 4 is 40.1 Å². The Hall–Kier alpha value is -1.52. The summed E-state index contributed by atoms with van der Waals surface area (Å²) in [7, 11) is 0. The number of carboxylic acids is 1. The minimum absolute atomic E-state index is 0.202. The summed E-state index contributed by atoms with van der Waals surface area (Å²) < 4.78 is 0. The lowest BCUT2D eigenvalue weighted by molar-refractivity contribution is 0.0695. The second kappa shape index (κ2) is 3.81. The Morgan fingerprint density at radius 3 is 2.62 bits per heavy atom. The summed E-state index contributed by atoms with van der Waals surface area (Å²) in [6.07, 6.45) is 1.11. The number of H-pyrrole nitrogens is 1. The molecule has 0 radical (unpaired) electrons. The number of nitrogens with one attached hydrogen (secondary N) is 1. The van der Waals surface area contributed by atoms with Gasteiger partial charge in [-0.25, -0.2) is 4.79 Å². The van der Waals surface area contributed by atoms with E-state index in [0.717, 1.165) is 6.20 Å². The topological polar surface area (TPSA) is 70.2 Å². The second-order valence-electron chi connectivity index (χ2n) is 3.12. The first-order chi connectivity index (χ1) is 7.52. The molecular weight excluding hydrogens is 253 g/mol. The Morgan fingerprint density at radius 2 is 2.00 bits per heavy atom. The van der Waals surface area contributed by atoms with Crippen molar-refractivity contribution in [1.29, 1.82) is 0 Å². The standard InChI is InChI=1S/C10H5Cl2NO3/c11-6-2-1-4-8(7(6)12)13-3-5(9(4)14)10(15)16/h1-3H,(H,13,14)(H,15,16). The van der Waals surface area contributed by atoms with Gasteiger partial charge in [-0.05, 0) is 12.1 Å². The van der Waals surface area contributed by atoms with E-state index < -0.39 is 11.4 Å². The molecule has 2 rings (SSSR count). The predicted molar refractivity (Wildman–Crippen MR) is 61.5 cm³/mol. The van der Waals surface area contributed by atoms with Crippen LogP contribution in [0.3, 0.4) is 0 Å². The van der Waals surface area contributed by atoms with Crippen LogP contribution in [0.15, 0.2) is 23.1 Å². The maximum absolute atomic E-state index is 11.7. The lowest BCUT2D eigenvalue weighted by atomic mass is 10.1. The third-order valence-corrected chi connectivity index (χ3v) is 2.98. The number of carboxylic acid groups (broad SMARTS) is 1. The molecule has 2 N–H and O–H groups in total. The summed E-state index contributed by atoms with van der Waals surface area (Å²) in [4.78, 5) is 25.1. The number of carbonyl (C=O) groups is 1. The molecule has 82 valence electrons. The van der Waals surface area contributed by atoms with Crippen LogP contribution >= 0.6 is 23.2 Å². The summed E-state index contributed by atoms with van der Waals surface area (Å²) in [5.74, 6) is -1.28. The van der Waals surface area contributed by atoms with Crippen LogP contribution in [0.25, 0.3) is 10.9 Å². The van der Waals surface area contributed by atoms with E-state index >= 15 is 0 Å². The van der Waals surface area contributed by atoms with E-state index in [2.05, 4.69) is 4.98 Å². The van der Waals surface area contributed by atoms with Crippen LogP contribution in [0.5, 0.6) is 0 Å². The number of aromatic nitrogens is 1. The van der Waals surface area contributed by atoms with Gasteiger partial charge in [-0.2, -0.15) is 0 Å². The Balaban J connectivity index is 2.93. The van der Waals surface area contributed by atoms with Gasteiger partial charge in [-0.15, -0.1) is 0 Å². The van der Waals surface area contributed by atoms with Gasteiger partial charge >= 0.3 is 5.97 Å². The van der Waals surface area contributed by atoms with Crippen molar-refractivity contribution in [2.24, 2.45) is 0 Å². The molecule has 0 saturated heterocycles. The molecule has 0 aliphatic rings. The van der Waals surface area contributed by atoms with E-state index in [4.69, 9.17) is 28.3 Å².